The Labute approximate surface area is 139 Å². The Morgan fingerprint density at radius 3 is 1.43 bits per heavy atom. The van der Waals surface area contributed by atoms with E-state index in [1.807, 2.05) is 13.8 Å². The molecule has 0 saturated heterocycles. The summed E-state index contributed by atoms with van der Waals surface area (Å²) in [6.07, 6.45) is 4.53. The highest BCUT2D eigenvalue weighted by molar-refractivity contribution is 5.69. The van der Waals surface area contributed by atoms with E-state index in [4.69, 9.17) is 18.9 Å². The molecule has 0 spiro atoms. The normalized spacial score (nSPS) is 13.4. The van der Waals surface area contributed by atoms with E-state index < -0.39 is 0 Å². The van der Waals surface area contributed by atoms with Crippen molar-refractivity contribution in [3.63, 3.8) is 0 Å². The number of esters is 2. The second kappa shape index (κ2) is 14.5. The lowest BCUT2D eigenvalue weighted by atomic mass is 10.1. The first-order valence-corrected chi connectivity index (χ1v) is 8.44. The number of hydrogen-bond acceptors (Lipinski definition) is 6. The summed E-state index contributed by atoms with van der Waals surface area (Å²) < 4.78 is 20.5. The number of hydrogen-bond donors (Lipinski definition) is 0. The molecular weight excluding hydrogens is 300 g/mol. The first-order chi connectivity index (χ1) is 11.1. The SMILES string of the molecule is CCC(COC(=O)CCCCCC(=O)OCC(CC)OC)OC. The highest BCUT2D eigenvalue weighted by Gasteiger charge is 2.10. The van der Waals surface area contributed by atoms with Crippen molar-refractivity contribution >= 4 is 11.9 Å². The van der Waals surface area contributed by atoms with Crippen LogP contribution in [0.1, 0.15) is 58.8 Å². The van der Waals surface area contributed by atoms with Crippen LogP contribution in [0.3, 0.4) is 0 Å². The first-order valence-electron chi connectivity index (χ1n) is 8.44. The smallest absolute Gasteiger partial charge is 0.305 e. The van der Waals surface area contributed by atoms with Crippen molar-refractivity contribution in [1.82, 2.24) is 0 Å². The Morgan fingerprint density at radius 2 is 1.13 bits per heavy atom. The van der Waals surface area contributed by atoms with E-state index in [9.17, 15) is 9.59 Å². The molecule has 0 bridgehead atoms. The minimum absolute atomic E-state index is 0.0345. The van der Waals surface area contributed by atoms with Crippen molar-refractivity contribution in [2.75, 3.05) is 27.4 Å². The van der Waals surface area contributed by atoms with Crippen molar-refractivity contribution in [2.24, 2.45) is 0 Å². The third-order valence-electron chi connectivity index (χ3n) is 3.70. The quantitative estimate of drug-likeness (QED) is 0.360. The fraction of sp³-hybridized carbons (Fsp3) is 0.882. The minimum atomic E-state index is -0.214. The first kappa shape index (κ1) is 21.9. The van der Waals surface area contributed by atoms with Crippen LogP contribution in [0.5, 0.6) is 0 Å². The third kappa shape index (κ3) is 12.0. The Bertz CT molecular complexity index is 280. The van der Waals surface area contributed by atoms with Gasteiger partial charge in [0.25, 0.3) is 0 Å². The Kier molecular flexibility index (Phi) is 13.7. The second-order valence-electron chi connectivity index (χ2n) is 5.46. The van der Waals surface area contributed by atoms with Gasteiger partial charge in [0.05, 0.1) is 12.2 Å². The zero-order valence-corrected chi connectivity index (χ0v) is 15.0. The molecule has 2 atom stereocenters. The van der Waals surface area contributed by atoms with Gasteiger partial charge in [-0.25, -0.2) is 0 Å². The van der Waals surface area contributed by atoms with Crippen molar-refractivity contribution in [1.29, 1.82) is 0 Å². The van der Waals surface area contributed by atoms with Gasteiger partial charge in [-0.2, -0.15) is 0 Å². The molecule has 136 valence electrons. The lowest BCUT2D eigenvalue weighted by molar-refractivity contribution is -0.147. The molecule has 0 aliphatic rings. The number of unbranched alkanes of at least 4 members (excludes halogenated alkanes) is 2. The Balaban J connectivity index is 3.57. The minimum Gasteiger partial charge on any atom is -0.463 e. The number of carbonyl (C=O) groups excluding carboxylic acids is 2. The third-order valence-corrected chi connectivity index (χ3v) is 3.70. The molecule has 0 radical (unpaired) electrons. The molecule has 0 aromatic rings. The predicted molar refractivity (Wildman–Crippen MR) is 87.2 cm³/mol. The van der Waals surface area contributed by atoms with Crippen LogP contribution in [0.4, 0.5) is 0 Å². The van der Waals surface area contributed by atoms with Gasteiger partial charge in [-0.15, -0.1) is 0 Å². The van der Waals surface area contributed by atoms with E-state index in [1.165, 1.54) is 0 Å². The number of carbonyl (C=O) groups is 2. The number of ether oxygens (including phenoxy) is 4. The van der Waals surface area contributed by atoms with Crippen LogP contribution in [0, 0.1) is 0 Å². The maximum absolute atomic E-state index is 11.5. The van der Waals surface area contributed by atoms with Gasteiger partial charge in [0.15, 0.2) is 0 Å². The maximum Gasteiger partial charge on any atom is 0.305 e. The van der Waals surface area contributed by atoms with Gasteiger partial charge in [0.2, 0.25) is 0 Å². The van der Waals surface area contributed by atoms with Crippen LogP contribution in [0.2, 0.25) is 0 Å². The van der Waals surface area contributed by atoms with Crippen molar-refractivity contribution in [2.45, 2.75) is 71.0 Å². The van der Waals surface area contributed by atoms with E-state index >= 15 is 0 Å². The second-order valence-corrected chi connectivity index (χ2v) is 5.46. The van der Waals surface area contributed by atoms with Gasteiger partial charge >= 0.3 is 11.9 Å². The van der Waals surface area contributed by atoms with Gasteiger partial charge in [0, 0.05) is 27.1 Å². The highest BCUT2D eigenvalue weighted by Crippen LogP contribution is 2.07. The molecule has 0 aromatic carbocycles. The molecule has 2 unspecified atom stereocenters. The molecule has 0 fully saturated rings. The summed E-state index contributed by atoms with van der Waals surface area (Å²) in [5.41, 5.74) is 0. The molecule has 0 rings (SSSR count). The molecule has 0 amide bonds. The molecule has 6 nitrogen and oxygen atoms in total. The molecule has 0 aliphatic heterocycles. The van der Waals surface area contributed by atoms with Gasteiger partial charge in [0.1, 0.15) is 13.2 Å². The van der Waals surface area contributed by atoms with E-state index in [2.05, 4.69) is 0 Å². The average Bonchev–Trinajstić information content (AvgIpc) is 2.56. The van der Waals surface area contributed by atoms with Crippen LogP contribution in [0.15, 0.2) is 0 Å². The molecule has 6 heteroatoms. The summed E-state index contributed by atoms with van der Waals surface area (Å²) in [6, 6.07) is 0. The van der Waals surface area contributed by atoms with E-state index in [0.29, 0.717) is 38.9 Å². The van der Waals surface area contributed by atoms with Crippen LogP contribution in [0.25, 0.3) is 0 Å². The summed E-state index contributed by atoms with van der Waals surface area (Å²) >= 11 is 0. The maximum atomic E-state index is 11.5. The zero-order valence-electron chi connectivity index (χ0n) is 15.0. The number of methoxy groups -OCH3 is 2. The van der Waals surface area contributed by atoms with Gasteiger partial charge in [-0.05, 0) is 25.7 Å². The largest absolute Gasteiger partial charge is 0.463 e. The molecular formula is C17H32O6. The molecule has 0 saturated carbocycles. The highest BCUT2D eigenvalue weighted by atomic mass is 16.6. The summed E-state index contributed by atoms with van der Waals surface area (Å²) in [7, 11) is 3.22. The van der Waals surface area contributed by atoms with Gasteiger partial charge in [-0.1, -0.05) is 20.3 Å². The summed E-state index contributed by atoms with van der Waals surface area (Å²) in [5.74, 6) is -0.428. The fourth-order valence-corrected chi connectivity index (χ4v) is 1.94. The van der Waals surface area contributed by atoms with E-state index in [-0.39, 0.29) is 24.1 Å². The van der Waals surface area contributed by atoms with Gasteiger partial charge in [-0.3, -0.25) is 9.59 Å². The number of rotatable bonds is 14. The van der Waals surface area contributed by atoms with Crippen LogP contribution < -0.4 is 0 Å². The zero-order chi connectivity index (χ0) is 17.5. The van der Waals surface area contributed by atoms with Crippen LogP contribution in [-0.2, 0) is 28.5 Å². The average molecular weight is 332 g/mol. The lowest BCUT2D eigenvalue weighted by Crippen LogP contribution is -2.20. The van der Waals surface area contributed by atoms with Crippen molar-refractivity contribution in [3.8, 4) is 0 Å². The Hall–Kier alpha value is -1.14. The molecule has 0 aromatic heterocycles. The Morgan fingerprint density at radius 1 is 0.739 bits per heavy atom. The fourth-order valence-electron chi connectivity index (χ4n) is 1.94. The van der Waals surface area contributed by atoms with E-state index in [1.54, 1.807) is 14.2 Å². The summed E-state index contributed by atoms with van der Waals surface area (Å²) in [4.78, 5) is 23.1. The molecule has 0 heterocycles. The standard InChI is InChI=1S/C17H32O6/c1-5-14(20-3)12-22-16(18)10-8-7-9-11-17(19)23-13-15(6-2)21-4/h14-15H,5-13H2,1-4H3. The molecule has 23 heavy (non-hydrogen) atoms. The molecule has 0 aliphatic carbocycles. The molecule has 0 N–H and O–H groups in total. The van der Waals surface area contributed by atoms with Crippen LogP contribution >= 0.6 is 0 Å². The predicted octanol–water partition coefficient (Wildman–Crippen LogP) is 2.87. The van der Waals surface area contributed by atoms with E-state index in [0.717, 1.165) is 19.3 Å². The monoisotopic (exact) mass is 332 g/mol. The summed E-state index contributed by atoms with van der Waals surface area (Å²) in [5, 5.41) is 0. The lowest BCUT2D eigenvalue weighted by Gasteiger charge is -2.13. The summed E-state index contributed by atoms with van der Waals surface area (Å²) in [6.45, 7) is 4.57. The van der Waals surface area contributed by atoms with Crippen LogP contribution in [-0.4, -0.2) is 51.6 Å². The topological polar surface area (TPSA) is 71.1 Å². The van der Waals surface area contributed by atoms with Gasteiger partial charge < -0.3 is 18.9 Å². The van der Waals surface area contributed by atoms with Crippen molar-refractivity contribution in [3.05, 3.63) is 0 Å². The van der Waals surface area contributed by atoms with Crippen molar-refractivity contribution < 1.29 is 28.5 Å².